The minimum atomic E-state index is -0.530. The third-order valence-electron chi connectivity index (χ3n) is 4.54. The molecule has 29 heavy (non-hydrogen) atoms. The summed E-state index contributed by atoms with van der Waals surface area (Å²) < 4.78 is 4.75. The van der Waals surface area contributed by atoms with Gasteiger partial charge in [-0.1, -0.05) is 68.9 Å². The van der Waals surface area contributed by atoms with Crippen LogP contribution < -0.4 is 16.0 Å². The monoisotopic (exact) mass is 413 g/mol. The lowest BCUT2D eigenvalue weighted by atomic mass is 9.61. The van der Waals surface area contributed by atoms with Gasteiger partial charge in [0, 0.05) is 19.2 Å². The number of nitrogens with one attached hydrogen (secondary N) is 3. The average Bonchev–Trinajstić information content (AvgIpc) is 2.61. The maximum absolute atomic E-state index is 12.8. The predicted octanol–water partition coefficient (Wildman–Crippen LogP) is 3.65. The summed E-state index contributed by atoms with van der Waals surface area (Å²) in [4.78, 5) is 35.4. The lowest BCUT2D eigenvalue weighted by Crippen LogP contribution is -2.50. The van der Waals surface area contributed by atoms with Gasteiger partial charge >= 0.3 is 12.0 Å². The third kappa shape index (κ3) is 12.2. The van der Waals surface area contributed by atoms with Crippen LogP contribution in [0.3, 0.4) is 0 Å². The van der Waals surface area contributed by atoms with Gasteiger partial charge < -0.3 is 20.7 Å². The molecule has 0 aromatic heterocycles. The molecule has 3 amide bonds. The number of carbonyl (C=O) groups is 3. The van der Waals surface area contributed by atoms with E-state index in [1.165, 1.54) is 0 Å². The molecule has 0 spiro atoms. The molecule has 170 valence electrons. The highest BCUT2D eigenvalue weighted by molar-refractivity contribution is 5.83. The van der Waals surface area contributed by atoms with Gasteiger partial charge in [0.25, 0.3) is 0 Å². The minimum absolute atomic E-state index is 0.0107. The highest BCUT2D eigenvalue weighted by Crippen LogP contribution is 2.46. The van der Waals surface area contributed by atoms with Crippen LogP contribution in [0.15, 0.2) is 12.7 Å². The molecule has 0 heterocycles. The van der Waals surface area contributed by atoms with Gasteiger partial charge in [-0.2, -0.15) is 0 Å². The quantitative estimate of drug-likeness (QED) is 0.305. The lowest BCUT2D eigenvalue weighted by molar-refractivity contribution is -0.139. The summed E-state index contributed by atoms with van der Waals surface area (Å²) in [5, 5.41) is 8.15. The zero-order chi connectivity index (χ0) is 23.3. The molecule has 0 saturated carbocycles. The van der Waals surface area contributed by atoms with Crippen molar-refractivity contribution < 1.29 is 19.1 Å². The Morgan fingerprint density at radius 2 is 1.34 bits per heavy atom. The van der Waals surface area contributed by atoms with Gasteiger partial charge in [0.05, 0.1) is 12.0 Å². The number of hydrogen-bond acceptors (Lipinski definition) is 4. The molecular weight excluding hydrogens is 370 g/mol. The van der Waals surface area contributed by atoms with Crippen LogP contribution in [-0.4, -0.2) is 44.1 Å². The van der Waals surface area contributed by atoms with E-state index in [0.29, 0.717) is 13.1 Å². The van der Waals surface area contributed by atoms with Crippen LogP contribution in [0.5, 0.6) is 0 Å². The molecule has 1 atom stereocenters. The van der Waals surface area contributed by atoms with Crippen LogP contribution in [0.25, 0.3) is 0 Å². The van der Waals surface area contributed by atoms with E-state index in [2.05, 4.69) is 64.1 Å². The standard InChI is InChI=1S/C20H37N3O4.C2H6/c1-9-15(24)27-13-12-23-17(26)22-11-10-21-16(25)20(8,19(5,6)7)14-18(2,3)4;1-2/h9H,1,10-14H2,2-8H3,(H,21,25)(H2,22,23,26);1-2H3. The summed E-state index contributed by atoms with van der Waals surface area (Å²) in [6, 6.07) is -0.382. The van der Waals surface area contributed by atoms with Gasteiger partial charge in [-0.05, 0) is 17.3 Å². The molecule has 0 aliphatic carbocycles. The Kier molecular flexibility index (Phi) is 13.3. The van der Waals surface area contributed by atoms with E-state index in [9.17, 15) is 14.4 Å². The molecule has 0 saturated heterocycles. The highest BCUT2D eigenvalue weighted by Gasteiger charge is 2.46. The first kappa shape index (κ1) is 29.2. The molecule has 3 N–H and O–H groups in total. The van der Waals surface area contributed by atoms with Crippen molar-refractivity contribution in [2.24, 2.45) is 16.2 Å². The summed E-state index contributed by atoms with van der Waals surface area (Å²) in [5.41, 5.74) is -0.701. The maximum atomic E-state index is 12.8. The van der Waals surface area contributed by atoms with Crippen LogP contribution in [0.1, 0.15) is 68.7 Å². The van der Waals surface area contributed by atoms with Crippen LogP contribution in [0.4, 0.5) is 4.79 Å². The van der Waals surface area contributed by atoms with Crippen LogP contribution in [0, 0.1) is 16.2 Å². The highest BCUT2D eigenvalue weighted by atomic mass is 16.5. The van der Waals surface area contributed by atoms with E-state index < -0.39 is 11.4 Å². The third-order valence-corrected chi connectivity index (χ3v) is 4.54. The number of carbonyl (C=O) groups excluding carboxylic acids is 3. The van der Waals surface area contributed by atoms with Crippen molar-refractivity contribution in [3.05, 3.63) is 12.7 Å². The Bertz CT molecular complexity index is 533. The van der Waals surface area contributed by atoms with Crippen LogP contribution in [-0.2, 0) is 14.3 Å². The Labute approximate surface area is 177 Å². The number of amides is 3. The normalized spacial score (nSPS) is 13.1. The van der Waals surface area contributed by atoms with Gasteiger partial charge in [0.2, 0.25) is 5.91 Å². The van der Waals surface area contributed by atoms with Crippen molar-refractivity contribution in [1.29, 1.82) is 0 Å². The summed E-state index contributed by atoms with van der Waals surface area (Å²) >= 11 is 0. The molecule has 0 aliphatic rings. The largest absolute Gasteiger partial charge is 0.461 e. The van der Waals surface area contributed by atoms with Gasteiger partial charge in [0.1, 0.15) is 6.61 Å². The number of esters is 1. The van der Waals surface area contributed by atoms with Crippen molar-refractivity contribution in [3.8, 4) is 0 Å². The van der Waals surface area contributed by atoms with Gasteiger partial charge in [-0.3, -0.25) is 4.79 Å². The van der Waals surface area contributed by atoms with Crippen molar-refractivity contribution in [2.75, 3.05) is 26.2 Å². The fourth-order valence-electron chi connectivity index (χ4n) is 2.73. The molecule has 7 nitrogen and oxygen atoms in total. The number of ether oxygens (including phenoxy) is 1. The molecule has 0 rings (SSSR count). The summed E-state index contributed by atoms with van der Waals surface area (Å²) in [6.07, 6.45) is 1.82. The molecule has 7 heteroatoms. The number of urea groups is 1. The van der Waals surface area contributed by atoms with Gasteiger partial charge in [-0.15, -0.1) is 0 Å². The zero-order valence-electron chi connectivity index (χ0n) is 20.0. The van der Waals surface area contributed by atoms with Crippen molar-refractivity contribution >= 4 is 17.9 Å². The first-order chi connectivity index (χ1) is 13.2. The second-order valence-electron chi connectivity index (χ2n) is 9.13. The fraction of sp³-hybridized carbons (Fsp3) is 0.773. The van der Waals surface area contributed by atoms with E-state index in [0.717, 1.165) is 12.5 Å². The first-order valence-corrected chi connectivity index (χ1v) is 10.3. The topological polar surface area (TPSA) is 96.5 Å². The molecular formula is C22H43N3O4. The second-order valence-corrected chi connectivity index (χ2v) is 9.13. The fourth-order valence-corrected chi connectivity index (χ4v) is 2.73. The lowest BCUT2D eigenvalue weighted by Gasteiger charge is -2.44. The SMILES string of the molecule is C=CC(=O)OCCNC(=O)NCCNC(=O)C(C)(CC(C)(C)C)C(C)(C)C.CC. The zero-order valence-corrected chi connectivity index (χ0v) is 20.0. The second kappa shape index (κ2) is 13.2. The Hall–Kier alpha value is -2.05. The number of hydrogen-bond donors (Lipinski definition) is 3. The van der Waals surface area contributed by atoms with E-state index in [1.807, 2.05) is 20.8 Å². The smallest absolute Gasteiger partial charge is 0.330 e. The molecule has 0 fully saturated rings. The molecule has 0 aromatic rings. The Morgan fingerprint density at radius 1 is 0.862 bits per heavy atom. The molecule has 1 unspecified atom stereocenters. The van der Waals surface area contributed by atoms with Gasteiger partial charge in [0.15, 0.2) is 0 Å². The first-order valence-electron chi connectivity index (χ1n) is 10.3. The summed E-state index contributed by atoms with van der Waals surface area (Å²) in [7, 11) is 0. The van der Waals surface area contributed by atoms with Crippen LogP contribution >= 0.6 is 0 Å². The minimum Gasteiger partial charge on any atom is -0.461 e. The maximum Gasteiger partial charge on any atom is 0.330 e. The van der Waals surface area contributed by atoms with E-state index in [4.69, 9.17) is 4.74 Å². The van der Waals surface area contributed by atoms with E-state index >= 15 is 0 Å². The van der Waals surface area contributed by atoms with Gasteiger partial charge in [-0.25, -0.2) is 9.59 Å². The van der Waals surface area contributed by atoms with E-state index in [-0.39, 0.29) is 35.9 Å². The Balaban J connectivity index is 0. The number of rotatable bonds is 9. The average molecular weight is 414 g/mol. The molecule has 0 radical (unpaired) electrons. The van der Waals surface area contributed by atoms with Crippen molar-refractivity contribution in [1.82, 2.24) is 16.0 Å². The summed E-state index contributed by atoms with van der Waals surface area (Å²) in [6.45, 7) is 22.8. The Morgan fingerprint density at radius 3 is 1.79 bits per heavy atom. The van der Waals surface area contributed by atoms with E-state index in [1.54, 1.807) is 0 Å². The van der Waals surface area contributed by atoms with Crippen molar-refractivity contribution in [2.45, 2.75) is 68.7 Å². The van der Waals surface area contributed by atoms with Crippen LogP contribution in [0.2, 0.25) is 0 Å². The molecule has 0 bridgehead atoms. The molecule has 0 aromatic carbocycles. The van der Waals surface area contributed by atoms with Crippen molar-refractivity contribution in [3.63, 3.8) is 0 Å². The molecule has 0 aliphatic heterocycles. The predicted molar refractivity (Wildman–Crippen MR) is 119 cm³/mol. The summed E-state index contributed by atoms with van der Waals surface area (Å²) in [5.74, 6) is -0.541.